The van der Waals surface area contributed by atoms with Gasteiger partial charge < -0.3 is 19.4 Å². The average molecular weight is 340 g/mol. The Morgan fingerprint density at radius 2 is 1.83 bits per heavy atom. The van der Waals surface area contributed by atoms with E-state index in [1.807, 2.05) is 12.1 Å². The maximum atomic E-state index is 12.5. The minimum Gasteiger partial charge on any atom is -0.454 e. The standard InChI is InChI=1S/C17H10ClN3O3/c18-9-1-2-11-13(5-9)20-16(19-11)10-3-8-4-14-15(24-7-23-14)6-12(8)21-17(10)22/h1-6H,7H2,(H,19,20)(H,21,22). The summed E-state index contributed by atoms with van der Waals surface area (Å²) in [6.07, 6.45) is 0. The molecular weight excluding hydrogens is 330 g/mol. The lowest BCUT2D eigenvalue weighted by atomic mass is 10.1. The number of pyridine rings is 1. The van der Waals surface area contributed by atoms with Crippen LogP contribution in [0.1, 0.15) is 0 Å². The van der Waals surface area contributed by atoms with Gasteiger partial charge in [-0.2, -0.15) is 0 Å². The summed E-state index contributed by atoms with van der Waals surface area (Å²) < 4.78 is 10.7. The van der Waals surface area contributed by atoms with Gasteiger partial charge in [0.15, 0.2) is 11.5 Å². The van der Waals surface area contributed by atoms with Crippen LogP contribution in [0.5, 0.6) is 11.5 Å². The van der Waals surface area contributed by atoms with Crippen molar-refractivity contribution in [1.82, 2.24) is 15.0 Å². The number of halogens is 1. The van der Waals surface area contributed by atoms with E-state index in [9.17, 15) is 4.79 Å². The van der Waals surface area contributed by atoms with E-state index in [4.69, 9.17) is 21.1 Å². The van der Waals surface area contributed by atoms with Crippen LogP contribution in [0.4, 0.5) is 0 Å². The van der Waals surface area contributed by atoms with Gasteiger partial charge in [-0.15, -0.1) is 0 Å². The molecule has 0 unspecified atom stereocenters. The van der Waals surface area contributed by atoms with E-state index in [1.165, 1.54) is 0 Å². The van der Waals surface area contributed by atoms with E-state index in [-0.39, 0.29) is 12.4 Å². The van der Waals surface area contributed by atoms with Crippen molar-refractivity contribution in [2.24, 2.45) is 0 Å². The molecule has 1 aliphatic rings. The van der Waals surface area contributed by atoms with Crippen molar-refractivity contribution in [3.63, 3.8) is 0 Å². The van der Waals surface area contributed by atoms with Gasteiger partial charge in [0.2, 0.25) is 6.79 Å². The van der Waals surface area contributed by atoms with Crippen LogP contribution in [0.3, 0.4) is 0 Å². The molecule has 0 atom stereocenters. The summed E-state index contributed by atoms with van der Waals surface area (Å²) in [6.45, 7) is 0.188. The molecule has 118 valence electrons. The lowest BCUT2D eigenvalue weighted by Crippen LogP contribution is -2.09. The van der Waals surface area contributed by atoms with Crippen LogP contribution in [0.2, 0.25) is 5.02 Å². The van der Waals surface area contributed by atoms with Crippen LogP contribution in [0.15, 0.2) is 41.2 Å². The van der Waals surface area contributed by atoms with E-state index in [1.54, 1.807) is 24.3 Å². The Kier molecular flexibility index (Phi) is 2.66. The van der Waals surface area contributed by atoms with E-state index in [0.29, 0.717) is 33.4 Å². The molecule has 0 saturated heterocycles. The predicted molar refractivity (Wildman–Crippen MR) is 90.8 cm³/mol. The van der Waals surface area contributed by atoms with Crippen molar-refractivity contribution >= 4 is 33.5 Å². The van der Waals surface area contributed by atoms with Crippen molar-refractivity contribution in [2.45, 2.75) is 0 Å². The number of nitrogens with zero attached hydrogens (tertiary/aromatic N) is 1. The van der Waals surface area contributed by atoms with Gasteiger partial charge in [0, 0.05) is 16.5 Å². The molecule has 2 N–H and O–H groups in total. The highest BCUT2D eigenvalue weighted by molar-refractivity contribution is 6.31. The number of fused-ring (bicyclic) bond motifs is 3. The minimum atomic E-state index is -0.230. The van der Waals surface area contributed by atoms with Gasteiger partial charge in [-0.3, -0.25) is 4.79 Å². The van der Waals surface area contributed by atoms with E-state index in [2.05, 4.69) is 15.0 Å². The first-order valence-electron chi connectivity index (χ1n) is 7.30. The number of ether oxygens (including phenoxy) is 2. The number of H-pyrrole nitrogens is 2. The van der Waals surface area contributed by atoms with E-state index in [0.717, 1.165) is 16.4 Å². The zero-order valence-corrected chi connectivity index (χ0v) is 13.0. The van der Waals surface area contributed by atoms with Gasteiger partial charge in [0.1, 0.15) is 5.82 Å². The highest BCUT2D eigenvalue weighted by Gasteiger charge is 2.17. The van der Waals surface area contributed by atoms with Gasteiger partial charge >= 0.3 is 0 Å². The molecule has 6 nitrogen and oxygen atoms in total. The molecule has 0 aliphatic carbocycles. The Bertz CT molecular complexity index is 1180. The Morgan fingerprint density at radius 1 is 1.00 bits per heavy atom. The molecule has 0 spiro atoms. The van der Waals surface area contributed by atoms with Gasteiger partial charge in [0.25, 0.3) is 5.56 Å². The van der Waals surface area contributed by atoms with Crippen LogP contribution in [0.25, 0.3) is 33.3 Å². The molecule has 2 aromatic heterocycles. The molecule has 4 aromatic rings. The number of nitrogens with one attached hydrogen (secondary N) is 2. The van der Waals surface area contributed by atoms with Crippen LogP contribution in [-0.2, 0) is 0 Å². The number of rotatable bonds is 1. The number of imidazole rings is 1. The van der Waals surface area contributed by atoms with Gasteiger partial charge in [0.05, 0.1) is 22.1 Å². The van der Waals surface area contributed by atoms with Crippen LogP contribution in [-0.4, -0.2) is 21.7 Å². The largest absolute Gasteiger partial charge is 0.454 e. The monoisotopic (exact) mass is 339 g/mol. The van der Waals surface area contributed by atoms with Crippen molar-refractivity contribution in [3.8, 4) is 22.9 Å². The smallest absolute Gasteiger partial charge is 0.259 e. The molecule has 0 fully saturated rings. The topological polar surface area (TPSA) is 80.0 Å². The second-order valence-electron chi connectivity index (χ2n) is 5.55. The van der Waals surface area contributed by atoms with Crippen molar-refractivity contribution < 1.29 is 9.47 Å². The summed E-state index contributed by atoms with van der Waals surface area (Å²) in [6, 6.07) is 10.7. The predicted octanol–water partition coefficient (Wildman–Crippen LogP) is 3.45. The third-order valence-electron chi connectivity index (χ3n) is 4.04. The molecule has 24 heavy (non-hydrogen) atoms. The zero-order chi connectivity index (χ0) is 16.3. The summed E-state index contributed by atoms with van der Waals surface area (Å²) in [4.78, 5) is 22.9. The summed E-state index contributed by atoms with van der Waals surface area (Å²) in [7, 11) is 0. The number of hydrogen-bond donors (Lipinski definition) is 2. The summed E-state index contributed by atoms with van der Waals surface area (Å²) in [5, 5.41) is 1.45. The normalized spacial score (nSPS) is 13.0. The highest BCUT2D eigenvalue weighted by atomic mass is 35.5. The van der Waals surface area contributed by atoms with E-state index >= 15 is 0 Å². The van der Waals surface area contributed by atoms with Gasteiger partial charge in [-0.05, 0) is 30.3 Å². The Labute approximate surface area is 140 Å². The Morgan fingerprint density at radius 3 is 2.71 bits per heavy atom. The third kappa shape index (κ3) is 1.97. The van der Waals surface area contributed by atoms with Crippen LogP contribution < -0.4 is 15.0 Å². The zero-order valence-electron chi connectivity index (χ0n) is 12.2. The molecule has 7 heteroatoms. The van der Waals surface area contributed by atoms with Gasteiger partial charge in [-0.1, -0.05) is 11.6 Å². The molecule has 0 bridgehead atoms. The molecule has 5 rings (SSSR count). The molecule has 1 aliphatic heterocycles. The summed E-state index contributed by atoms with van der Waals surface area (Å²) in [5.41, 5.74) is 2.44. The fourth-order valence-electron chi connectivity index (χ4n) is 2.88. The highest BCUT2D eigenvalue weighted by Crippen LogP contribution is 2.35. The number of aromatic nitrogens is 3. The Hall–Kier alpha value is -2.99. The van der Waals surface area contributed by atoms with Crippen molar-refractivity contribution in [2.75, 3.05) is 6.79 Å². The molecule has 0 amide bonds. The van der Waals surface area contributed by atoms with E-state index < -0.39 is 0 Å². The molecule has 0 saturated carbocycles. The quantitative estimate of drug-likeness (QED) is 0.556. The number of benzene rings is 2. The van der Waals surface area contributed by atoms with Crippen molar-refractivity contribution in [3.05, 3.63) is 51.8 Å². The van der Waals surface area contributed by atoms with Gasteiger partial charge in [-0.25, -0.2) is 4.98 Å². The molecule has 0 radical (unpaired) electrons. The third-order valence-corrected chi connectivity index (χ3v) is 4.27. The second-order valence-corrected chi connectivity index (χ2v) is 5.99. The van der Waals surface area contributed by atoms with Crippen LogP contribution in [0, 0.1) is 0 Å². The molecule has 2 aromatic carbocycles. The number of aromatic amines is 2. The second kappa shape index (κ2) is 4.75. The fourth-order valence-corrected chi connectivity index (χ4v) is 3.05. The van der Waals surface area contributed by atoms with Crippen LogP contribution >= 0.6 is 11.6 Å². The maximum Gasteiger partial charge on any atom is 0.259 e. The first-order valence-corrected chi connectivity index (χ1v) is 7.67. The number of hydrogen-bond acceptors (Lipinski definition) is 4. The Balaban J connectivity index is 1.74. The summed E-state index contributed by atoms with van der Waals surface area (Å²) in [5.74, 6) is 1.79. The SMILES string of the molecule is O=c1[nH]c2cc3c(cc2cc1-c1nc2ccc(Cl)cc2[nH]1)OCO3. The summed E-state index contributed by atoms with van der Waals surface area (Å²) >= 11 is 6.00. The fraction of sp³-hybridized carbons (Fsp3) is 0.0588. The first-order chi connectivity index (χ1) is 11.7. The molecule has 3 heterocycles. The average Bonchev–Trinajstić information content (AvgIpc) is 3.17. The first kappa shape index (κ1) is 13.4. The van der Waals surface area contributed by atoms with Crippen molar-refractivity contribution in [1.29, 1.82) is 0 Å². The lowest BCUT2D eigenvalue weighted by Gasteiger charge is -2.03. The maximum absolute atomic E-state index is 12.5. The minimum absolute atomic E-state index is 0.188. The lowest BCUT2D eigenvalue weighted by molar-refractivity contribution is 0.174. The molecular formula is C17H10ClN3O3.